The second kappa shape index (κ2) is 41.0. The van der Waals surface area contributed by atoms with Crippen molar-refractivity contribution in [1.29, 1.82) is 0 Å². The maximum atomic E-state index is 14.3. The van der Waals surface area contributed by atoms with E-state index in [2.05, 4.69) is 56.1 Å². The Kier molecular flexibility index (Phi) is 32.6. The summed E-state index contributed by atoms with van der Waals surface area (Å²) < 4.78 is 233. The fourth-order valence-corrected chi connectivity index (χ4v) is 19.1. The Morgan fingerprint density at radius 2 is 0.550 bits per heavy atom. The highest BCUT2D eigenvalue weighted by Crippen LogP contribution is 2.32. The van der Waals surface area contributed by atoms with E-state index in [9.17, 15) is 133 Å². The standard InChI is InChI=1S/C19H19BrF2N2O5S.2C19H19ClF2N2O5S.C19H19F3N2O5S/c2*20-13-8-11(2-5-14(13)21)23-19(27)10-1-4-15(22)18(7-10)30(28,29)24-12-3-6-16(25)17(26)9-12;20-15-8-11(2-4-16(15)21)23-19(27)10-1-3-17(22)18(5-10)30(28,29)24-12-6-13(25)9-14(26)7-12;20-15-4-2-11(8-17(15)22)23-19(27)10-1-3-16(21)18(5-10)30(28,29)24-12-6-13(25)9-14(26)7-12/h2*1-2,4-5,7-8,12,16-17,24-26H,3,6,9H2,(H,23,27);2*1-5,8,12-14,24-26H,6-7,9H2,(H,23,27). The van der Waals surface area contributed by atoms with Crippen molar-refractivity contribution in [3.05, 3.63) is 235 Å². The van der Waals surface area contributed by atoms with Crippen LogP contribution in [0.4, 0.5) is 62.3 Å². The summed E-state index contributed by atoms with van der Waals surface area (Å²) in [5, 5.41) is 86.5. The molecule has 0 heterocycles. The summed E-state index contributed by atoms with van der Waals surface area (Å²) in [4.78, 5) is 46.7. The minimum atomic E-state index is -4.42. The molecule has 10 atom stereocenters. The molecule has 16 N–H and O–H groups in total. The Balaban J connectivity index is 0.000000182. The third-order valence-electron chi connectivity index (χ3n) is 18.8. The van der Waals surface area contributed by atoms with Crippen LogP contribution in [0.3, 0.4) is 0 Å². The van der Waals surface area contributed by atoms with E-state index in [1.165, 1.54) is 36.4 Å². The zero-order valence-corrected chi connectivity index (χ0v) is 68.3. The molecule has 0 saturated heterocycles. The molecule has 10 unspecified atom stereocenters. The Labute approximate surface area is 698 Å². The Morgan fingerprint density at radius 3 is 0.825 bits per heavy atom. The lowest BCUT2D eigenvalue weighted by molar-refractivity contribution is -0.0157. The van der Waals surface area contributed by atoms with Gasteiger partial charge < -0.3 is 62.1 Å². The lowest BCUT2D eigenvalue weighted by atomic mass is 9.91. The molecular weight excluding hydrogens is 1790 g/mol. The molecule has 0 radical (unpaired) electrons. The van der Waals surface area contributed by atoms with Gasteiger partial charge in [-0.3, -0.25) is 19.2 Å². The van der Waals surface area contributed by atoms with Crippen molar-refractivity contribution in [3.8, 4) is 0 Å². The number of hydrogen-bond acceptors (Lipinski definition) is 20. The summed E-state index contributed by atoms with van der Waals surface area (Å²) in [6.45, 7) is 0. The number of sulfonamides is 4. The SMILES string of the molecule is O=C(Nc1ccc(F)c(Br)c1)c1ccc(F)c(S(=O)(=O)NC2CCC(O)C(O)C2)c1.O=C(Nc1ccc(F)c(Cl)c1)c1ccc(F)c(S(=O)(=O)NC2CC(O)CC(O)C2)c1.O=C(Nc1ccc(F)c(Cl)c1)c1ccc(F)c(S(=O)(=O)NC2CCC(O)C(O)C2)c1.O=C(Nc1ccc(F)c(F)c1)c1ccc(F)c(S(=O)(=O)NC2CC(O)CC(O)C2)c1. The first-order valence-electron chi connectivity index (χ1n) is 36.0. The molecule has 120 heavy (non-hydrogen) atoms. The summed E-state index contributed by atoms with van der Waals surface area (Å²) >= 11 is 14.3. The highest BCUT2D eigenvalue weighted by molar-refractivity contribution is 9.10. The first-order valence-corrected chi connectivity index (χ1v) is 43.5. The van der Waals surface area contributed by atoms with Gasteiger partial charge in [-0.15, -0.1) is 0 Å². The van der Waals surface area contributed by atoms with Crippen molar-refractivity contribution in [2.75, 3.05) is 21.3 Å². The first kappa shape index (κ1) is 95.2. The number of hydrogen-bond donors (Lipinski definition) is 16. The summed E-state index contributed by atoms with van der Waals surface area (Å²) in [6.07, 6.45) is -6.20. The van der Waals surface area contributed by atoms with Gasteiger partial charge in [0.15, 0.2) is 11.6 Å². The molecule has 44 heteroatoms. The van der Waals surface area contributed by atoms with Crippen molar-refractivity contribution < 1.29 is 133 Å². The second-order valence-corrected chi connectivity index (χ2v) is 36.5. The quantitative estimate of drug-likeness (QED) is 0.0316. The third-order valence-corrected chi connectivity index (χ3v) is 26.1. The van der Waals surface area contributed by atoms with Crippen LogP contribution in [0, 0.1) is 52.4 Å². The smallest absolute Gasteiger partial charge is 0.255 e. The number of rotatable bonds is 20. The molecule has 0 aromatic heterocycles. The molecule has 4 aliphatic rings. The molecule has 0 spiro atoms. The van der Waals surface area contributed by atoms with Gasteiger partial charge in [-0.2, -0.15) is 0 Å². The fourth-order valence-electron chi connectivity index (χ4n) is 12.8. The van der Waals surface area contributed by atoms with Gasteiger partial charge >= 0.3 is 0 Å². The van der Waals surface area contributed by atoms with Crippen LogP contribution in [0.2, 0.25) is 10.0 Å². The summed E-state index contributed by atoms with van der Waals surface area (Å²) in [5.41, 5.74) is -0.110. The monoisotopic (exact) mass is 1870 g/mol. The van der Waals surface area contributed by atoms with Crippen molar-refractivity contribution in [2.45, 2.75) is 170 Å². The first-order chi connectivity index (χ1) is 56.2. The Morgan fingerprint density at radius 1 is 0.292 bits per heavy atom. The van der Waals surface area contributed by atoms with E-state index in [-0.39, 0.29) is 137 Å². The molecule has 4 aliphatic carbocycles. The molecule has 8 aromatic carbocycles. The zero-order valence-electron chi connectivity index (χ0n) is 61.9. The molecule has 8 aromatic rings. The van der Waals surface area contributed by atoms with Crippen LogP contribution in [0.1, 0.15) is 118 Å². The number of benzene rings is 8. The van der Waals surface area contributed by atoms with E-state index in [4.69, 9.17) is 23.2 Å². The summed E-state index contributed by atoms with van der Waals surface area (Å²) in [6, 6.07) is 21.7. The van der Waals surface area contributed by atoms with Gasteiger partial charge in [0.1, 0.15) is 60.3 Å². The van der Waals surface area contributed by atoms with Crippen LogP contribution >= 0.6 is 39.1 Å². The number of aliphatic hydroxyl groups is 8. The van der Waals surface area contributed by atoms with Crippen molar-refractivity contribution >= 4 is 126 Å². The van der Waals surface area contributed by atoms with Gasteiger partial charge in [0.25, 0.3) is 23.6 Å². The van der Waals surface area contributed by atoms with Crippen LogP contribution in [0.5, 0.6) is 0 Å². The van der Waals surface area contributed by atoms with Crippen LogP contribution in [-0.2, 0) is 40.1 Å². The molecule has 28 nitrogen and oxygen atoms in total. The number of carbonyl (C=O) groups excluding carboxylic acids is 4. The molecule has 4 amide bonds. The minimum Gasteiger partial charge on any atom is -0.393 e. The van der Waals surface area contributed by atoms with Crippen molar-refractivity contribution in [3.63, 3.8) is 0 Å². The van der Waals surface area contributed by atoms with Crippen LogP contribution in [0.15, 0.2) is 170 Å². The number of amides is 4. The van der Waals surface area contributed by atoms with Gasteiger partial charge in [-0.25, -0.2) is 92.1 Å². The molecular formula is C76H76BrCl2F9N8O20S4. The summed E-state index contributed by atoms with van der Waals surface area (Å²) in [7, 11) is -17.5. The topological polar surface area (TPSA) is 463 Å². The minimum absolute atomic E-state index is 0.0123. The largest absolute Gasteiger partial charge is 0.393 e. The van der Waals surface area contributed by atoms with E-state index in [0.29, 0.717) is 0 Å². The molecule has 4 fully saturated rings. The number of nitrogens with one attached hydrogen (secondary N) is 8. The van der Waals surface area contributed by atoms with Crippen LogP contribution in [0.25, 0.3) is 0 Å². The predicted molar refractivity (Wildman–Crippen MR) is 421 cm³/mol. The Hall–Kier alpha value is -8.61. The zero-order chi connectivity index (χ0) is 88.2. The maximum Gasteiger partial charge on any atom is 0.255 e. The molecule has 4 saturated carbocycles. The van der Waals surface area contributed by atoms with E-state index in [0.717, 1.165) is 109 Å². The van der Waals surface area contributed by atoms with Gasteiger partial charge in [0.05, 0.1) is 63.3 Å². The Bertz CT molecular complexity index is 5260. The van der Waals surface area contributed by atoms with E-state index < -0.39 is 209 Å². The number of anilines is 4. The fraction of sp³-hybridized carbons (Fsp3) is 0.316. The van der Waals surface area contributed by atoms with E-state index in [1.54, 1.807) is 0 Å². The maximum absolute atomic E-state index is 14.3. The number of aliphatic hydroxyl groups excluding tert-OH is 8. The van der Waals surface area contributed by atoms with Gasteiger partial charge in [-0.1, -0.05) is 23.2 Å². The molecule has 0 bridgehead atoms. The number of halogens is 12. The average Bonchev–Trinajstić information content (AvgIpc) is 0.807. The van der Waals surface area contributed by atoms with E-state index >= 15 is 0 Å². The van der Waals surface area contributed by atoms with E-state index in [1.807, 2.05) is 0 Å². The highest BCUT2D eigenvalue weighted by atomic mass is 79.9. The molecule has 648 valence electrons. The van der Waals surface area contributed by atoms with Gasteiger partial charge in [0.2, 0.25) is 40.1 Å². The molecule has 0 aliphatic heterocycles. The second-order valence-electron chi connectivity index (χ2n) is 28.1. The van der Waals surface area contributed by atoms with Gasteiger partial charge in [0, 0.05) is 75.2 Å². The van der Waals surface area contributed by atoms with Crippen LogP contribution in [-0.4, -0.2) is 171 Å². The normalized spacial score (nSPS) is 22.0. The predicted octanol–water partition coefficient (Wildman–Crippen LogP) is 9.29. The average molecular weight is 1870 g/mol. The lowest BCUT2D eigenvalue weighted by Gasteiger charge is -2.30. The van der Waals surface area contributed by atoms with Crippen molar-refractivity contribution in [1.82, 2.24) is 18.9 Å². The number of carbonyl (C=O) groups is 4. The third kappa shape index (κ3) is 26.2. The summed E-state index contributed by atoms with van der Waals surface area (Å²) in [5.74, 6) is -11.5. The highest BCUT2D eigenvalue weighted by Gasteiger charge is 2.37. The molecule has 12 rings (SSSR count). The lowest BCUT2D eigenvalue weighted by Crippen LogP contribution is -2.44. The van der Waals surface area contributed by atoms with Crippen molar-refractivity contribution in [2.24, 2.45) is 0 Å². The van der Waals surface area contributed by atoms with Gasteiger partial charge in [-0.05, 0) is 233 Å². The van der Waals surface area contributed by atoms with Crippen LogP contribution < -0.4 is 40.2 Å².